The minimum atomic E-state index is -0.803. The third-order valence-corrected chi connectivity index (χ3v) is 12.0. The lowest BCUT2D eigenvalue weighted by atomic mass is 9.95. The Morgan fingerprint density at radius 2 is 0.889 bits per heavy atom. The molecule has 0 N–H and O–H groups in total. The van der Waals surface area contributed by atoms with Crippen LogP contribution in [0.4, 0.5) is 0 Å². The lowest BCUT2D eigenvalue weighted by Crippen LogP contribution is -2.21. The van der Waals surface area contributed by atoms with Crippen molar-refractivity contribution in [1.82, 2.24) is 0 Å². The molecule has 4 heterocycles. The van der Waals surface area contributed by atoms with Crippen LogP contribution in [0, 0.1) is 0 Å². The van der Waals surface area contributed by atoms with Gasteiger partial charge in [0, 0.05) is 27.2 Å². The second-order valence-corrected chi connectivity index (χ2v) is 13.8. The van der Waals surface area contributed by atoms with Gasteiger partial charge in [0.05, 0.1) is 25.1 Å². The van der Waals surface area contributed by atoms with Crippen LogP contribution >= 0.6 is 15.8 Å². The lowest BCUT2D eigenvalue weighted by molar-refractivity contribution is 0.591. The number of furan rings is 4. The van der Waals surface area contributed by atoms with E-state index in [0.717, 1.165) is 34.8 Å². The fourth-order valence-electron chi connectivity index (χ4n) is 5.31. The van der Waals surface area contributed by atoms with Crippen LogP contribution in [0.15, 0.2) is 138 Å². The van der Waals surface area contributed by atoms with Crippen LogP contribution in [0.5, 0.6) is 0 Å². The first-order valence-corrected chi connectivity index (χ1v) is 15.1. The van der Waals surface area contributed by atoms with Crippen LogP contribution < -0.4 is 22.0 Å². The largest absolute Gasteiger partial charge is 0.464 e. The number of hydrogen-bond acceptors (Lipinski definition) is 4. The molecule has 2 atom stereocenters. The molecule has 0 aromatic carbocycles. The lowest BCUT2D eigenvalue weighted by Gasteiger charge is -2.26. The minimum Gasteiger partial charge on any atom is -0.464 e. The molecule has 6 heteroatoms. The van der Waals surface area contributed by atoms with Gasteiger partial charge in [-0.25, -0.2) is 0 Å². The highest BCUT2D eigenvalue weighted by molar-refractivity contribution is 7.73. The van der Waals surface area contributed by atoms with Crippen molar-refractivity contribution >= 4 is 37.8 Å². The quantitative estimate of drug-likeness (QED) is 0.228. The Bertz CT molecular complexity index is 1220. The molecule has 4 aromatic rings. The minimum absolute atomic E-state index is 0.257. The molecular formula is C30H28O4P2. The van der Waals surface area contributed by atoms with Gasteiger partial charge in [0.15, 0.2) is 0 Å². The van der Waals surface area contributed by atoms with Crippen LogP contribution in [0.25, 0.3) is 0 Å². The molecule has 4 nitrogen and oxygen atoms in total. The first kappa shape index (κ1) is 23.3. The van der Waals surface area contributed by atoms with Crippen LogP contribution in [-0.2, 0) is 0 Å². The molecule has 6 rings (SSSR count). The van der Waals surface area contributed by atoms with Gasteiger partial charge in [0.25, 0.3) is 0 Å². The summed E-state index contributed by atoms with van der Waals surface area (Å²) in [4.78, 5) is 0. The van der Waals surface area contributed by atoms with Crippen molar-refractivity contribution in [3.05, 3.63) is 120 Å². The topological polar surface area (TPSA) is 52.6 Å². The number of hydrogen-bond donors (Lipinski definition) is 0. The summed E-state index contributed by atoms with van der Waals surface area (Å²) in [5.41, 5.74) is 10.1. The van der Waals surface area contributed by atoms with Gasteiger partial charge in [0.1, 0.15) is 22.0 Å². The molecule has 0 saturated heterocycles. The van der Waals surface area contributed by atoms with Crippen molar-refractivity contribution in [2.24, 2.45) is 0 Å². The van der Waals surface area contributed by atoms with Gasteiger partial charge in [-0.1, -0.05) is 38.2 Å². The second kappa shape index (κ2) is 10.1. The molecule has 0 saturated carbocycles. The van der Waals surface area contributed by atoms with Gasteiger partial charge in [-0.3, -0.25) is 0 Å². The molecule has 0 aliphatic heterocycles. The Kier molecular flexibility index (Phi) is 6.57. The van der Waals surface area contributed by atoms with E-state index in [4.69, 9.17) is 17.7 Å². The molecule has 182 valence electrons. The predicted octanol–water partition coefficient (Wildman–Crippen LogP) is 6.91. The summed E-state index contributed by atoms with van der Waals surface area (Å²) in [6.07, 6.45) is 18.2. The Morgan fingerprint density at radius 3 is 1.17 bits per heavy atom. The Labute approximate surface area is 213 Å². The monoisotopic (exact) mass is 514 g/mol. The SMILES string of the molecule is C[C@H](C1=C(C2=C([C@@H](C)P(c3ccco3)c3ccco3)C=CC2)CC=C1)P(c1ccco1)c1ccco1. The van der Waals surface area contributed by atoms with Crippen LogP contribution in [0.1, 0.15) is 26.7 Å². The zero-order valence-corrected chi connectivity index (χ0v) is 22.1. The third kappa shape index (κ3) is 4.23. The van der Waals surface area contributed by atoms with Crippen LogP contribution in [-0.4, -0.2) is 11.3 Å². The van der Waals surface area contributed by atoms with E-state index in [0.29, 0.717) is 0 Å². The van der Waals surface area contributed by atoms with Crippen molar-refractivity contribution in [3.63, 3.8) is 0 Å². The summed E-state index contributed by atoms with van der Waals surface area (Å²) < 4.78 is 23.7. The maximum absolute atomic E-state index is 5.91. The van der Waals surface area contributed by atoms with Crippen molar-refractivity contribution in [1.29, 1.82) is 0 Å². The van der Waals surface area contributed by atoms with Gasteiger partial charge >= 0.3 is 0 Å². The second-order valence-electron chi connectivity index (χ2n) is 8.98. The van der Waals surface area contributed by atoms with Crippen molar-refractivity contribution in [2.75, 3.05) is 0 Å². The summed E-state index contributed by atoms with van der Waals surface area (Å²) in [6, 6.07) is 16.2. The zero-order valence-electron chi connectivity index (χ0n) is 20.3. The van der Waals surface area contributed by atoms with E-state index >= 15 is 0 Å². The van der Waals surface area contributed by atoms with Crippen molar-refractivity contribution in [3.8, 4) is 0 Å². The van der Waals surface area contributed by atoms with E-state index < -0.39 is 15.8 Å². The van der Waals surface area contributed by atoms with Crippen LogP contribution in [0.3, 0.4) is 0 Å². The summed E-state index contributed by atoms with van der Waals surface area (Å²) >= 11 is 0. The maximum atomic E-state index is 5.91. The molecule has 0 unspecified atom stereocenters. The molecule has 4 aromatic heterocycles. The van der Waals surface area contributed by atoms with E-state index in [1.807, 2.05) is 24.3 Å². The van der Waals surface area contributed by atoms with E-state index in [2.05, 4.69) is 62.4 Å². The summed E-state index contributed by atoms with van der Waals surface area (Å²) in [7, 11) is -1.61. The van der Waals surface area contributed by atoms with E-state index in [1.54, 1.807) is 25.1 Å². The fraction of sp³-hybridized carbons (Fsp3) is 0.200. The predicted molar refractivity (Wildman–Crippen MR) is 148 cm³/mol. The average molecular weight is 514 g/mol. The third-order valence-electron chi connectivity index (χ3n) is 6.95. The van der Waals surface area contributed by atoms with Crippen molar-refractivity contribution in [2.45, 2.75) is 38.0 Å². The number of rotatable bonds is 9. The fourth-order valence-corrected chi connectivity index (χ4v) is 9.99. The molecule has 0 fully saturated rings. The van der Waals surface area contributed by atoms with E-state index in [-0.39, 0.29) is 11.3 Å². The molecular weight excluding hydrogens is 486 g/mol. The number of allylic oxidation sites excluding steroid dienone is 8. The molecule has 2 aliphatic carbocycles. The standard InChI is InChI=1S/C30H28O4P2/c1-21(35(27-13-5-17-31-27)28-14-6-18-32-28)23-9-3-11-25(23)26-12-4-10-24(26)22(2)36(29-15-7-19-33-29)30-16-8-20-34-30/h3-10,13-22H,11-12H2,1-2H3/t21-,22-/m1/s1. The highest BCUT2D eigenvalue weighted by atomic mass is 31.1. The first-order chi connectivity index (χ1) is 17.7. The highest BCUT2D eigenvalue weighted by Crippen LogP contribution is 2.50. The van der Waals surface area contributed by atoms with E-state index in [1.165, 1.54) is 22.3 Å². The zero-order chi connectivity index (χ0) is 24.5. The van der Waals surface area contributed by atoms with Crippen molar-refractivity contribution < 1.29 is 17.7 Å². The van der Waals surface area contributed by atoms with Gasteiger partial charge in [-0.05, 0) is 83.7 Å². The van der Waals surface area contributed by atoms with Crippen LogP contribution in [0.2, 0.25) is 0 Å². The maximum Gasteiger partial charge on any atom is 0.133 e. The van der Waals surface area contributed by atoms with Gasteiger partial charge in [0.2, 0.25) is 0 Å². The Morgan fingerprint density at radius 1 is 0.556 bits per heavy atom. The molecule has 36 heavy (non-hydrogen) atoms. The molecule has 0 spiro atoms. The average Bonchev–Trinajstić information content (AvgIpc) is 3.74. The Balaban J connectivity index is 1.40. The molecule has 0 bridgehead atoms. The Hall–Kier alpha value is -3.06. The summed E-state index contributed by atoms with van der Waals surface area (Å²) in [5.74, 6) is 0. The smallest absolute Gasteiger partial charge is 0.133 e. The normalized spacial score (nSPS) is 17.3. The first-order valence-electron chi connectivity index (χ1n) is 12.2. The molecule has 0 radical (unpaired) electrons. The molecule has 0 amide bonds. The summed E-state index contributed by atoms with van der Waals surface area (Å²) in [6.45, 7) is 4.62. The van der Waals surface area contributed by atoms with Gasteiger partial charge < -0.3 is 17.7 Å². The van der Waals surface area contributed by atoms with Gasteiger partial charge in [-0.2, -0.15) is 0 Å². The summed E-state index contributed by atoms with van der Waals surface area (Å²) in [5, 5.41) is 0. The van der Waals surface area contributed by atoms with Gasteiger partial charge in [-0.15, -0.1) is 0 Å². The van der Waals surface area contributed by atoms with E-state index in [9.17, 15) is 0 Å². The molecule has 2 aliphatic rings. The highest BCUT2D eigenvalue weighted by Gasteiger charge is 2.34.